The van der Waals surface area contributed by atoms with Gasteiger partial charge in [-0.3, -0.25) is 4.79 Å². The largest absolute Gasteiger partial charge is 0.294 e. The van der Waals surface area contributed by atoms with Gasteiger partial charge in [-0.25, -0.2) is 0 Å². The van der Waals surface area contributed by atoms with Crippen LogP contribution in [0.25, 0.3) is 0 Å². The van der Waals surface area contributed by atoms with Crippen molar-refractivity contribution in [2.45, 2.75) is 50.7 Å². The molecule has 0 spiro atoms. The second-order valence-electron chi connectivity index (χ2n) is 4.57. The number of Topliss-reactive ketones (excluding diaryl/α,β-unsaturated/α-hetero) is 1. The molecule has 0 amide bonds. The molecule has 0 aliphatic carbocycles. The first kappa shape index (κ1) is 14.3. The van der Waals surface area contributed by atoms with E-state index in [9.17, 15) is 4.79 Å². The molecule has 94 valence electrons. The van der Waals surface area contributed by atoms with Crippen LogP contribution in [0, 0.1) is 5.92 Å². The third-order valence-corrected chi connectivity index (χ3v) is 3.88. The van der Waals surface area contributed by atoms with Gasteiger partial charge in [0.15, 0.2) is 5.78 Å². The summed E-state index contributed by atoms with van der Waals surface area (Å²) in [6.07, 6.45) is 1.86. The molecule has 0 atom stereocenters. The van der Waals surface area contributed by atoms with Crippen LogP contribution < -0.4 is 0 Å². The summed E-state index contributed by atoms with van der Waals surface area (Å²) in [4.78, 5) is 13.4. The zero-order valence-electron chi connectivity index (χ0n) is 11.2. The normalized spacial score (nSPS) is 11.2. The van der Waals surface area contributed by atoms with E-state index in [0.717, 1.165) is 18.4 Å². The fourth-order valence-electron chi connectivity index (χ4n) is 1.87. The molecule has 1 aromatic rings. The summed E-state index contributed by atoms with van der Waals surface area (Å²) in [7, 11) is 0. The second-order valence-corrected chi connectivity index (χ2v) is 6.22. The topological polar surface area (TPSA) is 17.1 Å². The highest BCUT2D eigenvalue weighted by atomic mass is 32.2. The molecular formula is C15H22OS. The summed E-state index contributed by atoms with van der Waals surface area (Å²) < 4.78 is 0. The fraction of sp³-hybridized carbons (Fsp3) is 0.533. The van der Waals surface area contributed by atoms with Gasteiger partial charge in [0, 0.05) is 21.6 Å². The Morgan fingerprint density at radius 3 is 2.06 bits per heavy atom. The van der Waals surface area contributed by atoms with E-state index in [4.69, 9.17) is 0 Å². The van der Waals surface area contributed by atoms with Crippen molar-refractivity contribution in [2.24, 2.45) is 5.92 Å². The number of benzene rings is 1. The molecular weight excluding hydrogens is 228 g/mol. The highest BCUT2D eigenvalue weighted by Gasteiger charge is 2.15. The Morgan fingerprint density at radius 1 is 1.12 bits per heavy atom. The van der Waals surface area contributed by atoms with E-state index in [1.165, 1.54) is 4.90 Å². The van der Waals surface area contributed by atoms with E-state index >= 15 is 0 Å². The molecule has 0 aliphatic heterocycles. The minimum absolute atomic E-state index is 0.179. The predicted molar refractivity (Wildman–Crippen MR) is 75.8 cm³/mol. The van der Waals surface area contributed by atoms with Crippen LogP contribution in [0.4, 0.5) is 0 Å². The Hall–Kier alpha value is -0.760. The smallest absolute Gasteiger partial charge is 0.165 e. The maximum atomic E-state index is 12.1. The van der Waals surface area contributed by atoms with Gasteiger partial charge in [-0.1, -0.05) is 39.8 Å². The second kappa shape index (κ2) is 6.85. The number of ketones is 1. The highest BCUT2D eigenvalue weighted by molar-refractivity contribution is 7.99. The molecule has 0 aromatic heterocycles. The SMILES string of the molecule is CCC(CC)C(=O)c1ccc(SC(C)C)cc1. The minimum atomic E-state index is 0.179. The molecule has 0 saturated heterocycles. The van der Waals surface area contributed by atoms with Crippen LogP contribution in [-0.4, -0.2) is 11.0 Å². The molecule has 2 heteroatoms. The van der Waals surface area contributed by atoms with E-state index in [-0.39, 0.29) is 11.7 Å². The molecule has 0 fully saturated rings. The van der Waals surface area contributed by atoms with Crippen molar-refractivity contribution in [3.8, 4) is 0 Å². The molecule has 1 aromatic carbocycles. The summed E-state index contributed by atoms with van der Waals surface area (Å²) in [5.41, 5.74) is 0.854. The maximum absolute atomic E-state index is 12.1. The van der Waals surface area contributed by atoms with E-state index in [1.54, 1.807) is 0 Å². The van der Waals surface area contributed by atoms with Gasteiger partial charge in [-0.15, -0.1) is 11.8 Å². The van der Waals surface area contributed by atoms with E-state index in [1.807, 2.05) is 23.9 Å². The fourth-order valence-corrected chi connectivity index (χ4v) is 2.70. The molecule has 0 heterocycles. The maximum Gasteiger partial charge on any atom is 0.165 e. The third kappa shape index (κ3) is 4.19. The van der Waals surface area contributed by atoms with Crippen molar-refractivity contribution >= 4 is 17.5 Å². The number of rotatable bonds is 6. The minimum Gasteiger partial charge on any atom is -0.294 e. The van der Waals surface area contributed by atoms with Crippen molar-refractivity contribution < 1.29 is 4.79 Å². The van der Waals surface area contributed by atoms with E-state index in [0.29, 0.717) is 5.25 Å². The number of thioether (sulfide) groups is 1. The van der Waals surface area contributed by atoms with Crippen molar-refractivity contribution in [3.05, 3.63) is 29.8 Å². The molecule has 1 nitrogen and oxygen atoms in total. The van der Waals surface area contributed by atoms with Crippen molar-refractivity contribution in [2.75, 3.05) is 0 Å². The van der Waals surface area contributed by atoms with Crippen LogP contribution in [0.1, 0.15) is 50.9 Å². The lowest BCUT2D eigenvalue weighted by molar-refractivity contribution is 0.0913. The summed E-state index contributed by atoms with van der Waals surface area (Å²) in [6, 6.07) is 8.04. The molecule has 0 radical (unpaired) electrons. The first-order chi connectivity index (χ1) is 8.08. The molecule has 0 unspecified atom stereocenters. The monoisotopic (exact) mass is 250 g/mol. The number of hydrogen-bond acceptors (Lipinski definition) is 2. The predicted octanol–water partition coefficient (Wildman–Crippen LogP) is 4.81. The lowest BCUT2D eigenvalue weighted by atomic mass is 9.93. The van der Waals surface area contributed by atoms with Gasteiger partial charge in [0.25, 0.3) is 0 Å². The average molecular weight is 250 g/mol. The van der Waals surface area contributed by atoms with Crippen LogP contribution in [0.3, 0.4) is 0 Å². The molecule has 17 heavy (non-hydrogen) atoms. The Kier molecular flexibility index (Phi) is 5.76. The van der Waals surface area contributed by atoms with Gasteiger partial charge < -0.3 is 0 Å². The highest BCUT2D eigenvalue weighted by Crippen LogP contribution is 2.24. The van der Waals surface area contributed by atoms with E-state index in [2.05, 4.69) is 39.8 Å². The third-order valence-electron chi connectivity index (χ3n) is 2.87. The van der Waals surface area contributed by atoms with Crippen molar-refractivity contribution in [1.82, 2.24) is 0 Å². The Bertz CT molecular complexity index is 350. The average Bonchev–Trinajstić information content (AvgIpc) is 2.30. The van der Waals surface area contributed by atoms with Crippen LogP contribution in [0.5, 0.6) is 0 Å². The first-order valence-corrected chi connectivity index (χ1v) is 7.27. The van der Waals surface area contributed by atoms with E-state index < -0.39 is 0 Å². The first-order valence-electron chi connectivity index (χ1n) is 6.39. The quantitative estimate of drug-likeness (QED) is 0.532. The van der Waals surface area contributed by atoms with Gasteiger partial charge in [0.05, 0.1) is 0 Å². The van der Waals surface area contributed by atoms with Crippen molar-refractivity contribution in [3.63, 3.8) is 0 Å². The van der Waals surface area contributed by atoms with Gasteiger partial charge in [0.2, 0.25) is 0 Å². The van der Waals surface area contributed by atoms with Gasteiger partial charge in [-0.05, 0) is 25.0 Å². The lowest BCUT2D eigenvalue weighted by Gasteiger charge is -2.11. The number of carbonyl (C=O) groups excluding carboxylic acids is 1. The van der Waals surface area contributed by atoms with Crippen LogP contribution in [-0.2, 0) is 0 Å². The molecule has 0 aliphatic rings. The number of carbonyl (C=O) groups is 1. The number of hydrogen-bond donors (Lipinski definition) is 0. The Morgan fingerprint density at radius 2 is 1.65 bits per heavy atom. The van der Waals surface area contributed by atoms with Gasteiger partial charge in [-0.2, -0.15) is 0 Å². The summed E-state index contributed by atoms with van der Waals surface area (Å²) in [5.74, 6) is 0.467. The zero-order chi connectivity index (χ0) is 12.8. The van der Waals surface area contributed by atoms with Crippen LogP contribution >= 0.6 is 11.8 Å². The van der Waals surface area contributed by atoms with Gasteiger partial charge >= 0.3 is 0 Å². The van der Waals surface area contributed by atoms with Crippen molar-refractivity contribution in [1.29, 1.82) is 0 Å². The molecule has 0 saturated carbocycles. The Balaban J connectivity index is 2.76. The summed E-state index contributed by atoms with van der Waals surface area (Å²) in [6.45, 7) is 8.51. The molecule has 0 bridgehead atoms. The summed E-state index contributed by atoms with van der Waals surface area (Å²) in [5, 5.41) is 0.579. The standard InChI is InChI=1S/C15H22OS/c1-5-12(6-2)15(16)13-7-9-14(10-8-13)17-11(3)4/h7-12H,5-6H2,1-4H3. The summed E-state index contributed by atoms with van der Waals surface area (Å²) >= 11 is 1.83. The van der Waals surface area contributed by atoms with Gasteiger partial charge in [0.1, 0.15) is 0 Å². The molecule has 1 rings (SSSR count). The molecule has 0 N–H and O–H groups in total. The van der Waals surface area contributed by atoms with Crippen LogP contribution in [0.2, 0.25) is 0 Å². The van der Waals surface area contributed by atoms with Crippen LogP contribution in [0.15, 0.2) is 29.2 Å². The lowest BCUT2D eigenvalue weighted by Crippen LogP contribution is -2.12. The zero-order valence-corrected chi connectivity index (χ0v) is 12.0. The Labute approximate surface area is 109 Å².